The van der Waals surface area contributed by atoms with Crippen molar-refractivity contribution in [2.24, 2.45) is 0 Å². The van der Waals surface area contributed by atoms with Gasteiger partial charge in [0.2, 0.25) is 0 Å². The third-order valence-corrected chi connectivity index (χ3v) is 3.04. The second-order valence-corrected chi connectivity index (χ2v) is 4.06. The third-order valence-electron chi connectivity index (χ3n) is 3.04. The Morgan fingerprint density at radius 3 is 3.14 bits per heavy atom. The zero-order valence-electron chi connectivity index (χ0n) is 8.82. The van der Waals surface area contributed by atoms with Gasteiger partial charge in [-0.1, -0.05) is 6.92 Å². The zero-order chi connectivity index (χ0) is 9.80. The van der Waals surface area contributed by atoms with Crippen molar-refractivity contribution in [2.75, 3.05) is 6.54 Å². The largest absolute Gasteiger partial charge is 0.314 e. The first kappa shape index (κ1) is 9.71. The summed E-state index contributed by atoms with van der Waals surface area (Å²) < 4.78 is 2.11. The molecule has 3 nitrogen and oxygen atoms in total. The molecular weight excluding hydrogens is 174 g/mol. The topological polar surface area (TPSA) is 29.9 Å². The van der Waals surface area contributed by atoms with E-state index in [-0.39, 0.29) is 0 Å². The smallest absolute Gasteiger partial charge is 0.0534 e. The van der Waals surface area contributed by atoms with Crippen LogP contribution in [0.3, 0.4) is 0 Å². The monoisotopic (exact) mass is 193 g/mol. The van der Waals surface area contributed by atoms with Gasteiger partial charge in [0.1, 0.15) is 0 Å². The Labute approximate surface area is 85.5 Å². The number of nitrogens with zero attached hydrogens (tertiary/aromatic N) is 2. The van der Waals surface area contributed by atoms with Crippen LogP contribution in [-0.4, -0.2) is 22.4 Å². The molecule has 2 atom stereocenters. The van der Waals surface area contributed by atoms with Gasteiger partial charge in [-0.15, -0.1) is 0 Å². The molecule has 1 aliphatic rings. The van der Waals surface area contributed by atoms with Crippen LogP contribution >= 0.6 is 0 Å². The van der Waals surface area contributed by atoms with Gasteiger partial charge in [0.25, 0.3) is 0 Å². The predicted octanol–water partition coefficient (Wildman–Crippen LogP) is 1.98. The maximum Gasteiger partial charge on any atom is 0.0534 e. The highest BCUT2D eigenvalue weighted by atomic mass is 15.3. The second kappa shape index (κ2) is 4.60. The van der Waals surface area contributed by atoms with Gasteiger partial charge < -0.3 is 5.32 Å². The Kier molecular flexibility index (Phi) is 3.19. The quantitative estimate of drug-likeness (QED) is 0.795. The zero-order valence-corrected chi connectivity index (χ0v) is 8.82. The van der Waals surface area contributed by atoms with Crippen LogP contribution in [0.15, 0.2) is 18.5 Å². The van der Waals surface area contributed by atoms with E-state index in [9.17, 15) is 0 Å². The fraction of sp³-hybridized carbons (Fsp3) is 0.727. The number of nitrogens with one attached hydrogen (secondary N) is 1. The van der Waals surface area contributed by atoms with Gasteiger partial charge in [0, 0.05) is 18.4 Å². The summed E-state index contributed by atoms with van der Waals surface area (Å²) in [5.74, 6) is 0. The Morgan fingerprint density at radius 1 is 1.50 bits per heavy atom. The Balaban J connectivity index is 1.94. The molecule has 0 aromatic carbocycles. The maximum absolute atomic E-state index is 4.32. The van der Waals surface area contributed by atoms with E-state index < -0.39 is 0 Å². The molecule has 1 N–H and O–H groups in total. The van der Waals surface area contributed by atoms with Crippen molar-refractivity contribution in [3.63, 3.8) is 0 Å². The number of aromatic nitrogens is 2. The summed E-state index contributed by atoms with van der Waals surface area (Å²) in [5.41, 5.74) is 0. The fourth-order valence-corrected chi connectivity index (χ4v) is 2.37. The molecule has 1 saturated carbocycles. The van der Waals surface area contributed by atoms with Gasteiger partial charge in [-0.2, -0.15) is 5.10 Å². The number of hydrogen-bond acceptors (Lipinski definition) is 2. The van der Waals surface area contributed by atoms with Crippen molar-refractivity contribution in [3.8, 4) is 0 Å². The molecule has 1 fully saturated rings. The standard InChI is InChI=1S/C11H19N3/c1-2-12-10-5-3-6-11(9-10)14-8-4-7-13-14/h4,7-8,10-12H,2-3,5-6,9H2,1H3. The molecular formula is C11H19N3. The normalized spacial score (nSPS) is 27.8. The first-order valence-electron chi connectivity index (χ1n) is 5.62. The van der Waals surface area contributed by atoms with Crippen LogP contribution in [0.2, 0.25) is 0 Å². The Morgan fingerprint density at radius 2 is 2.43 bits per heavy atom. The average Bonchev–Trinajstić information content (AvgIpc) is 2.71. The first-order chi connectivity index (χ1) is 6.90. The van der Waals surface area contributed by atoms with Crippen molar-refractivity contribution in [1.82, 2.24) is 15.1 Å². The first-order valence-corrected chi connectivity index (χ1v) is 5.62. The lowest BCUT2D eigenvalue weighted by atomic mass is 9.91. The maximum atomic E-state index is 4.32. The number of rotatable bonds is 3. The predicted molar refractivity (Wildman–Crippen MR) is 57.2 cm³/mol. The van der Waals surface area contributed by atoms with Gasteiger partial charge >= 0.3 is 0 Å². The van der Waals surface area contributed by atoms with Crippen LogP contribution in [0.25, 0.3) is 0 Å². The van der Waals surface area contributed by atoms with Crippen LogP contribution in [0.5, 0.6) is 0 Å². The SMILES string of the molecule is CCNC1CCCC(n2cccn2)C1. The van der Waals surface area contributed by atoms with E-state index in [0.29, 0.717) is 12.1 Å². The molecule has 78 valence electrons. The lowest BCUT2D eigenvalue weighted by Crippen LogP contribution is -2.34. The average molecular weight is 193 g/mol. The highest BCUT2D eigenvalue weighted by Gasteiger charge is 2.22. The van der Waals surface area contributed by atoms with E-state index in [4.69, 9.17) is 0 Å². The minimum Gasteiger partial charge on any atom is -0.314 e. The molecule has 0 radical (unpaired) electrons. The summed E-state index contributed by atoms with van der Waals surface area (Å²) in [4.78, 5) is 0. The van der Waals surface area contributed by atoms with Crippen molar-refractivity contribution in [3.05, 3.63) is 18.5 Å². The summed E-state index contributed by atoms with van der Waals surface area (Å²) >= 11 is 0. The summed E-state index contributed by atoms with van der Waals surface area (Å²) in [5, 5.41) is 7.86. The van der Waals surface area contributed by atoms with E-state index >= 15 is 0 Å². The summed E-state index contributed by atoms with van der Waals surface area (Å²) in [7, 11) is 0. The molecule has 1 aliphatic carbocycles. The summed E-state index contributed by atoms with van der Waals surface area (Å²) in [6.45, 7) is 3.26. The van der Waals surface area contributed by atoms with Gasteiger partial charge in [0.05, 0.1) is 6.04 Å². The van der Waals surface area contributed by atoms with Crippen LogP contribution in [0, 0.1) is 0 Å². The molecule has 3 heteroatoms. The third kappa shape index (κ3) is 2.15. The molecule has 1 heterocycles. The van der Waals surface area contributed by atoms with Crippen LogP contribution < -0.4 is 5.32 Å². The van der Waals surface area contributed by atoms with E-state index in [0.717, 1.165) is 6.54 Å². The highest BCUT2D eigenvalue weighted by Crippen LogP contribution is 2.27. The van der Waals surface area contributed by atoms with Gasteiger partial charge in [0.15, 0.2) is 0 Å². The minimum absolute atomic E-state index is 0.614. The minimum atomic E-state index is 0.614. The van der Waals surface area contributed by atoms with Gasteiger partial charge in [-0.25, -0.2) is 0 Å². The van der Waals surface area contributed by atoms with Crippen LogP contribution in [0.4, 0.5) is 0 Å². The molecule has 1 aromatic rings. The molecule has 0 amide bonds. The van der Waals surface area contributed by atoms with E-state index in [1.54, 1.807) is 0 Å². The molecule has 0 spiro atoms. The van der Waals surface area contributed by atoms with Gasteiger partial charge in [-0.05, 0) is 38.3 Å². The number of hydrogen-bond donors (Lipinski definition) is 1. The molecule has 0 saturated heterocycles. The van der Waals surface area contributed by atoms with E-state index in [2.05, 4.69) is 28.2 Å². The van der Waals surface area contributed by atoms with Gasteiger partial charge in [-0.3, -0.25) is 4.68 Å². The van der Waals surface area contributed by atoms with Crippen molar-refractivity contribution < 1.29 is 0 Å². The Hall–Kier alpha value is -0.830. The van der Waals surface area contributed by atoms with E-state index in [1.165, 1.54) is 25.7 Å². The lowest BCUT2D eigenvalue weighted by molar-refractivity contribution is 0.272. The van der Waals surface area contributed by atoms with Crippen LogP contribution in [-0.2, 0) is 0 Å². The molecule has 14 heavy (non-hydrogen) atoms. The van der Waals surface area contributed by atoms with Crippen molar-refractivity contribution >= 4 is 0 Å². The summed E-state index contributed by atoms with van der Waals surface area (Å²) in [6.07, 6.45) is 9.11. The lowest BCUT2D eigenvalue weighted by Gasteiger charge is -2.29. The van der Waals surface area contributed by atoms with Crippen LogP contribution in [0.1, 0.15) is 38.6 Å². The molecule has 1 aromatic heterocycles. The van der Waals surface area contributed by atoms with Crippen molar-refractivity contribution in [1.29, 1.82) is 0 Å². The second-order valence-electron chi connectivity index (χ2n) is 4.06. The Bertz CT molecular complexity index is 254. The highest BCUT2D eigenvalue weighted by molar-refractivity contribution is 4.86. The summed E-state index contributed by atoms with van der Waals surface area (Å²) in [6, 6.07) is 3.32. The fourth-order valence-electron chi connectivity index (χ4n) is 2.37. The molecule has 0 aliphatic heterocycles. The molecule has 2 rings (SSSR count). The van der Waals surface area contributed by atoms with Crippen molar-refractivity contribution in [2.45, 2.75) is 44.7 Å². The molecule has 0 bridgehead atoms. The molecule has 2 unspecified atom stereocenters. The van der Waals surface area contributed by atoms with E-state index in [1.807, 2.05) is 12.3 Å².